The normalized spacial score (nSPS) is 13.9. The van der Waals surface area contributed by atoms with Crippen LogP contribution >= 0.6 is 0 Å². The smallest absolute Gasteiger partial charge is 0.409 e. The zero-order valence-electron chi connectivity index (χ0n) is 23.6. The molecule has 1 heterocycles. The minimum Gasteiger partial charge on any atom is -0.481 e. The van der Waals surface area contributed by atoms with Crippen molar-refractivity contribution in [3.8, 4) is 0 Å². The van der Waals surface area contributed by atoms with Gasteiger partial charge in [0.2, 0.25) is 0 Å². The highest BCUT2D eigenvalue weighted by Crippen LogP contribution is 2.29. The fourth-order valence-electron chi connectivity index (χ4n) is 4.80. The second kappa shape index (κ2) is 14.0. The highest BCUT2D eigenvalue weighted by molar-refractivity contribution is 6.04. The van der Waals surface area contributed by atoms with Crippen molar-refractivity contribution in [2.45, 2.75) is 25.8 Å². The van der Waals surface area contributed by atoms with Gasteiger partial charge in [0.1, 0.15) is 0 Å². The summed E-state index contributed by atoms with van der Waals surface area (Å²) in [6.45, 7) is 3.99. The van der Waals surface area contributed by atoms with E-state index in [0.717, 1.165) is 5.56 Å². The molecule has 4 N–H and O–H groups in total. The van der Waals surface area contributed by atoms with Crippen LogP contribution in [0.3, 0.4) is 0 Å². The van der Waals surface area contributed by atoms with Crippen molar-refractivity contribution < 1.29 is 29.0 Å². The number of para-hydroxylation sites is 1. The maximum Gasteiger partial charge on any atom is 0.409 e. The summed E-state index contributed by atoms with van der Waals surface area (Å²) in [6, 6.07) is 20.0. The van der Waals surface area contributed by atoms with E-state index in [4.69, 9.17) is 4.74 Å². The largest absolute Gasteiger partial charge is 0.481 e. The molecule has 1 fully saturated rings. The van der Waals surface area contributed by atoms with Crippen molar-refractivity contribution in [3.05, 3.63) is 89.5 Å². The first kappa shape index (κ1) is 29.9. The van der Waals surface area contributed by atoms with Crippen molar-refractivity contribution in [3.63, 3.8) is 0 Å². The monoisotopic (exact) mass is 573 g/mol. The van der Waals surface area contributed by atoms with E-state index in [1.807, 2.05) is 30.0 Å². The van der Waals surface area contributed by atoms with E-state index in [-0.39, 0.29) is 12.0 Å². The number of carboxylic acids is 1. The van der Waals surface area contributed by atoms with Gasteiger partial charge in [0.05, 0.1) is 30.9 Å². The lowest BCUT2D eigenvalue weighted by Gasteiger charge is -2.26. The number of carbonyl (C=O) groups excluding carboxylic acids is 3. The van der Waals surface area contributed by atoms with Gasteiger partial charge in [-0.25, -0.2) is 9.59 Å². The Morgan fingerprint density at radius 2 is 1.64 bits per heavy atom. The predicted octanol–water partition coefficient (Wildman–Crippen LogP) is 4.86. The molecule has 1 aliphatic rings. The molecule has 0 spiro atoms. The molecule has 0 bridgehead atoms. The van der Waals surface area contributed by atoms with E-state index in [2.05, 4.69) is 16.0 Å². The first-order chi connectivity index (χ1) is 20.2. The standard InChI is InChI=1S/C31H35N5O6/c1-21-9-11-22(12-10-21)25(20-28(37)38)33-29(39)23-13-14-27(35-15-6-16-36(18-17-35)31(41)42-2)26(19-23)34-30(40)32-24-7-4-3-5-8-24/h3-5,7-14,19,25H,6,15-18,20H2,1-2H3,(H,33,39)(H,37,38)(H2,32,34,40). The molecule has 1 saturated heterocycles. The number of aliphatic carboxylic acids is 1. The lowest BCUT2D eigenvalue weighted by molar-refractivity contribution is -0.137. The van der Waals surface area contributed by atoms with E-state index < -0.39 is 30.0 Å². The Hall–Kier alpha value is -5.06. The second-order valence-corrected chi connectivity index (χ2v) is 10.0. The summed E-state index contributed by atoms with van der Waals surface area (Å²) in [5.74, 6) is -1.52. The quantitative estimate of drug-likeness (QED) is 0.302. The van der Waals surface area contributed by atoms with Gasteiger partial charge < -0.3 is 35.6 Å². The Morgan fingerprint density at radius 1 is 0.905 bits per heavy atom. The molecular formula is C31H35N5O6. The van der Waals surface area contributed by atoms with Gasteiger partial charge in [-0.3, -0.25) is 9.59 Å². The van der Waals surface area contributed by atoms with Gasteiger partial charge in [0.15, 0.2) is 0 Å². The van der Waals surface area contributed by atoms with Crippen LogP contribution in [-0.2, 0) is 9.53 Å². The van der Waals surface area contributed by atoms with Crippen LogP contribution in [0, 0.1) is 6.92 Å². The van der Waals surface area contributed by atoms with Crippen LogP contribution in [0.25, 0.3) is 0 Å². The molecule has 3 aromatic rings. The van der Waals surface area contributed by atoms with Crippen molar-refractivity contribution in [2.75, 3.05) is 48.8 Å². The molecule has 1 atom stereocenters. The number of hydrogen-bond acceptors (Lipinski definition) is 6. The Bertz CT molecular complexity index is 1410. The van der Waals surface area contributed by atoms with Crippen LogP contribution in [0.2, 0.25) is 0 Å². The number of ether oxygens (including phenoxy) is 1. The van der Waals surface area contributed by atoms with Crippen molar-refractivity contribution in [1.29, 1.82) is 0 Å². The third-order valence-electron chi connectivity index (χ3n) is 6.97. The lowest BCUT2D eigenvalue weighted by atomic mass is 10.0. The number of rotatable bonds is 8. The van der Waals surface area contributed by atoms with E-state index in [0.29, 0.717) is 55.2 Å². The summed E-state index contributed by atoms with van der Waals surface area (Å²) in [7, 11) is 1.35. The summed E-state index contributed by atoms with van der Waals surface area (Å²) in [5, 5.41) is 18.0. The predicted molar refractivity (Wildman–Crippen MR) is 160 cm³/mol. The Balaban J connectivity index is 1.60. The first-order valence-corrected chi connectivity index (χ1v) is 13.7. The van der Waals surface area contributed by atoms with Crippen LogP contribution < -0.4 is 20.9 Å². The summed E-state index contributed by atoms with van der Waals surface area (Å²) in [5.41, 5.74) is 3.62. The zero-order chi connectivity index (χ0) is 30.1. The van der Waals surface area contributed by atoms with Crippen LogP contribution in [0.15, 0.2) is 72.8 Å². The maximum absolute atomic E-state index is 13.4. The lowest BCUT2D eigenvalue weighted by Crippen LogP contribution is -2.35. The molecule has 220 valence electrons. The zero-order valence-corrected chi connectivity index (χ0v) is 23.6. The fourth-order valence-corrected chi connectivity index (χ4v) is 4.80. The number of anilines is 3. The first-order valence-electron chi connectivity index (χ1n) is 13.7. The van der Waals surface area contributed by atoms with E-state index >= 15 is 0 Å². The number of nitrogens with zero attached hydrogens (tertiary/aromatic N) is 2. The van der Waals surface area contributed by atoms with Gasteiger partial charge in [-0.05, 0) is 49.2 Å². The van der Waals surface area contributed by atoms with Gasteiger partial charge in [0.25, 0.3) is 5.91 Å². The molecule has 42 heavy (non-hydrogen) atoms. The number of hydrogen-bond donors (Lipinski definition) is 4. The number of aryl methyl sites for hydroxylation is 1. The number of carboxylic acid groups (broad SMARTS) is 1. The molecule has 4 amide bonds. The van der Waals surface area contributed by atoms with Gasteiger partial charge >= 0.3 is 18.1 Å². The van der Waals surface area contributed by atoms with Crippen LogP contribution in [0.1, 0.15) is 40.4 Å². The Kier molecular flexibility index (Phi) is 9.99. The topological polar surface area (TPSA) is 140 Å². The second-order valence-electron chi connectivity index (χ2n) is 10.0. The molecule has 0 radical (unpaired) electrons. The van der Waals surface area contributed by atoms with Crippen molar-refractivity contribution in [1.82, 2.24) is 10.2 Å². The SMILES string of the molecule is COC(=O)N1CCCN(c2ccc(C(=O)NC(CC(=O)O)c3ccc(C)cc3)cc2NC(=O)Nc2ccccc2)CC1. The van der Waals surface area contributed by atoms with Gasteiger partial charge in [-0.1, -0.05) is 48.0 Å². The maximum atomic E-state index is 13.4. The highest BCUT2D eigenvalue weighted by Gasteiger charge is 2.24. The minimum atomic E-state index is -1.04. The highest BCUT2D eigenvalue weighted by atomic mass is 16.5. The van der Waals surface area contributed by atoms with E-state index in [9.17, 15) is 24.3 Å². The molecule has 3 aromatic carbocycles. The summed E-state index contributed by atoms with van der Waals surface area (Å²) < 4.78 is 4.88. The summed E-state index contributed by atoms with van der Waals surface area (Å²) in [4.78, 5) is 53.7. The van der Waals surface area contributed by atoms with Crippen molar-refractivity contribution in [2.24, 2.45) is 0 Å². The number of benzene rings is 3. The molecule has 4 rings (SSSR count). The summed E-state index contributed by atoms with van der Waals surface area (Å²) in [6.07, 6.45) is -0.00327. The molecule has 0 aliphatic carbocycles. The van der Waals surface area contributed by atoms with Gasteiger partial charge in [0, 0.05) is 37.4 Å². The Labute approximate surface area is 244 Å². The average Bonchev–Trinajstić information content (AvgIpc) is 3.23. The van der Waals surface area contributed by atoms with Crippen LogP contribution in [0.4, 0.5) is 26.7 Å². The molecule has 1 aliphatic heterocycles. The molecule has 1 unspecified atom stereocenters. The van der Waals surface area contributed by atoms with Crippen molar-refractivity contribution >= 4 is 41.1 Å². The molecule has 0 saturated carbocycles. The van der Waals surface area contributed by atoms with Crippen LogP contribution in [0.5, 0.6) is 0 Å². The van der Waals surface area contributed by atoms with E-state index in [1.165, 1.54) is 7.11 Å². The summed E-state index contributed by atoms with van der Waals surface area (Å²) >= 11 is 0. The van der Waals surface area contributed by atoms with Gasteiger partial charge in [-0.2, -0.15) is 0 Å². The van der Waals surface area contributed by atoms with Crippen LogP contribution in [-0.4, -0.2) is 67.3 Å². The minimum absolute atomic E-state index is 0.252. The average molecular weight is 574 g/mol. The fraction of sp³-hybridized carbons (Fsp3) is 0.290. The molecule has 11 nitrogen and oxygen atoms in total. The molecule has 0 aromatic heterocycles. The molecular weight excluding hydrogens is 538 g/mol. The van der Waals surface area contributed by atoms with E-state index in [1.54, 1.807) is 59.5 Å². The molecule has 11 heteroatoms. The third kappa shape index (κ3) is 8.00. The Morgan fingerprint density at radius 3 is 2.33 bits per heavy atom. The number of methoxy groups -OCH3 is 1. The number of amides is 4. The van der Waals surface area contributed by atoms with Gasteiger partial charge in [-0.15, -0.1) is 0 Å². The number of carbonyl (C=O) groups is 4. The number of urea groups is 1. The number of nitrogens with one attached hydrogen (secondary N) is 3. The third-order valence-corrected chi connectivity index (χ3v) is 6.97.